The number of hydrogen-bond donors (Lipinski definition) is 1. The zero-order valence-electron chi connectivity index (χ0n) is 9.84. The minimum absolute atomic E-state index is 0.0634. The van der Waals surface area contributed by atoms with Gasteiger partial charge in [0.1, 0.15) is 11.6 Å². The molecule has 1 atom stereocenters. The van der Waals surface area contributed by atoms with Crippen LogP contribution < -0.4 is 5.73 Å². The maximum atomic E-state index is 13.3. The van der Waals surface area contributed by atoms with Crippen LogP contribution in [0.15, 0.2) is 40.9 Å². The van der Waals surface area contributed by atoms with Gasteiger partial charge in [-0.15, -0.1) is 0 Å². The van der Waals surface area contributed by atoms with Gasteiger partial charge >= 0.3 is 0 Å². The van der Waals surface area contributed by atoms with Crippen molar-refractivity contribution in [3.05, 3.63) is 68.7 Å². The third-order valence-corrected chi connectivity index (χ3v) is 3.67. The predicted molar refractivity (Wildman–Crippen MR) is 76.1 cm³/mol. The van der Waals surface area contributed by atoms with Crippen molar-refractivity contribution in [3.63, 3.8) is 0 Å². The second kappa shape index (κ2) is 5.99. The molecule has 0 aliphatic carbocycles. The highest BCUT2D eigenvalue weighted by Crippen LogP contribution is 2.26. The first-order chi connectivity index (χ1) is 8.97. The van der Waals surface area contributed by atoms with Crippen molar-refractivity contribution in [3.8, 4) is 0 Å². The quantitative estimate of drug-likeness (QED) is 0.862. The van der Waals surface area contributed by atoms with Crippen LogP contribution in [0.1, 0.15) is 17.2 Å². The first-order valence-electron chi connectivity index (χ1n) is 5.62. The van der Waals surface area contributed by atoms with Gasteiger partial charge < -0.3 is 5.73 Å². The molecule has 2 aromatic carbocycles. The average Bonchev–Trinajstić information content (AvgIpc) is 2.33. The summed E-state index contributed by atoms with van der Waals surface area (Å²) >= 11 is 9.08. The van der Waals surface area contributed by atoms with E-state index in [4.69, 9.17) is 17.3 Å². The Hall–Kier alpha value is -0.970. The fraction of sp³-hybridized carbons (Fsp3) is 0.143. The highest BCUT2D eigenvalue weighted by atomic mass is 79.9. The van der Waals surface area contributed by atoms with Crippen LogP contribution in [-0.4, -0.2) is 0 Å². The molecule has 0 aliphatic heterocycles. The van der Waals surface area contributed by atoms with Crippen molar-refractivity contribution in [2.75, 3.05) is 0 Å². The van der Waals surface area contributed by atoms with E-state index in [0.29, 0.717) is 22.0 Å². The Morgan fingerprint density at radius 2 is 1.95 bits per heavy atom. The van der Waals surface area contributed by atoms with Gasteiger partial charge in [0, 0.05) is 10.5 Å². The standard InChI is InChI=1S/C14H11BrClF2N/c15-10-4-9(5-11(17)7-10)13(19)6-8-2-1-3-12(18)14(8)16/h1-5,7,13H,6,19H2. The molecule has 1 nitrogen and oxygen atoms in total. The van der Waals surface area contributed by atoms with Gasteiger partial charge in [-0.3, -0.25) is 0 Å². The van der Waals surface area contributed by atoms with Crippen LogP contribution in [0.4, 0.5) is 8.78 Å². The van der Waals surface area contributed by atoms with Gasteiger partial charge in [-0.1, -0.05) is 39.7 Å². The minimum atomic E-state index is -0.480. The largest absolute Gasteiger partial charge is 0.324 e. The van der Waals surface area contributed by atoms with Gasteiger partial charge in [0.2, 0.25) is 0 Å². The molecule has 0 radical (unpaired) electrons. The van der Waals surface area contributed by atoms with Crippen LogP contribution in [0.25, 0.3) is 0 Å². The highest BCUT2D eigenvalue weighted by Gasteiger charge is 2.13. The fourth-order valence-corrected chi connectivity index (χ4v) is 2.54. The summed E-state index contributed by atoms with van der Waals surface area (Å²) in [5, 5.41) is 0.0634. The maximum Gasteiger partial charge on any atom is 0.142 e. The first-order valence-corrected chi connectivity index (χ1v) is 6.79. The van der Waals surface area contributed by atoms with Crippen molar-refractivity contribution in [2.45, 2.75) is 12.5 Å². The van der Waals surface area contributed by atoms with Crippen molar-refractivity contribution in [2.24, 2.45) is 5.73 Å². The highest BCUT2D eigenvalue weighted by molar-refractivity contribution is 9.10. The summed E-state index contributed by atoms with van der Waals surface area (Å²) in [4.78, 5) is 0. The van der Waals surface area contributed by atoms with Gasteiger partial charge in [-0.25, -0.2) is 8.78 Å². The normalized spacial score (nSPS) is 12.5. The Morgan fingerprint density at radius 3 is 2.63 bits per heavy atom. The summed E-state index contributed by atoms with van der Waals surface area (Å²) < 4.78 is 27.2. The van der Waals surface area contributed by atoms with Crippen LogP contribution in [0.3, 0.4) is 0 Å². The van der Waals surface area contributed by atoms with Crippen molar-refractivity contribution in [1.29, 1.82) is 0 Å². The molecule has 0 heterocycles. The molecule has 0 saturated heterocycles. The molecule has 0 saturated carbocycles. The third-order valence-electron chi connectivity index (χ3n) is 2.78. The van der Waals surface area contributed by atoms with E-state index in [0.717, 1.165) is 0 Å². The summed E-state index contributed by atoms with van der Waals surface area (Å²) in [5.74, 6) is -0.850. The lowest BCUT2D eigenvalue weighted by Gasteiger charge is -2.14. The van der Waals surface area contributed by atoms with E-state index < -0.39 is 11.9 Å². The van der Waals surface area contributed by atoms with Crippen LogP contribution in [0, 0.1) is 11.6 Å². The van der Waals surface area contributed by atoms with E-state index in [9.17, 15) is 8.78 Å². The topological polar surface area (TPSA) is 26.0 Å². The van der Waals surface area contributed by atoms with Crippen molar-refractivity contribution in [1.82, 2.24) is 0 Å². The maximum absolute atomic E-state index is 13.3. The number of hydrogen-bond acceptors (Lipinski definition) is 1. The summed E-state index contributed by atoms with van der Waals surface area (Å²) in [7, 11) is 0. The SMILES string of the molecule is NC(Cc1cccc(F)c1Cl)c1cc(F)cc(Br)c1. The zero-order valence-corrected chi connectivity index (χ0v) is 12.2. The van der Waals surface area contributed by atoms with Crippen LogP contribution in [0.2, 0.25) is 5.02 Å². The summed E-state index contributed by atoms with van der Waals surface area (Å²) in [5.41, 5.74) is 7.25. The van der Waals surface area contributed by atoms with Gasteiger partial charge in [0.25, 0.3) is 0 Å². The lowest BCUT2D eigenvalue weighted by atomic mass is 9.99. The Balaban J connectivity index is 2.25. The third kappa shape index (κ3) is 3.53. The van der Waals surface area contributed by atoms with E-state index in [2.05, 4.69) is 15.9 Å². The molecule has 1 unspecified atom stereocenters. The van der Waals surface area contributed by atoms with E-state index >= 15 is 0 Å². The molecular formula is C14H11BrClF2N. The molecule has 0 amide bonds. The molecule has 0 aromatic heterocycles. The van der Waals surface area contributed by atoms with E-state index in [1.165, 1.54) is 18.2 Å². The fourth-order valence-electron chi connectivity index (χ4n) is 1.85. The summed E-state index contributed by atoms with van der Waals surface area (Å²) in [6, 6.07) is 8.57. The molecule has 5 heteroatoms. The molecule has 19 heavy (non-hydrogen) atoms. The smallest absolute Gasteiger partial charge is 0.142 e. The molecule has 2 N–H and O–H groups in total. The predicted octanol–water partition coefficient (Wildman–Crippen LogP) is 4.62. The monoisotopic (exact) mass is 345 g/mol. The Morgan fingerprint density at radius 1 is 1.21 bits per heavy atom. The molecule has 2 rings (SSSR count). The lowest BCUT2D eigenvalue weighted by molar-refractivity contribution is 0.613. The molecule has 0 bridgehead atoms. The van der Waals surface area contributed by atoms with E-state index in [1.54, 1.807) is 18.2 Å². The average molecular weight is 347 g/mol. The van der Waals surface area contributed by atoms with E-state index in [1.807, 2.05) is 0 Å². The summed E-state index contributed by atoms with van der Waals surface area (Å²) in [6.07, 6.45) is 0.340. The van der Waals surface area contributed by atoms with E-state index in [-0.39, 0.29) is 10.8 Å². The second-order valence-electron chi connectivity index (χ2n) is 4.23. The molecule has 100 valence electrons. The van der Waals surface area contributed by atoms with Gasteiger partial charge in [-0.2, -0.15) is 0 Å². The minimum Gasteiger partial charge on any atom is -0.324 e. The van der Waals surface area contributed by atoms with Crippen molar-refractivity contribution < 1.29 is 8.78 Å². The molecule has 0 spiro atoms. The second-order valence-corrected chi connectivity index (χ2v) is 5.52. The summed E-state index contributed by atoms with van der Waals surface area (Å²) in [6.45, 7) is 0. The Bertz CT molecular complexity index is 584. The molecule has 0 fully saturated rings. The Labute approximate surface area is 123 Å². The zero-order chi connectivity index (χ0) is 14.0. The number of rotatable bonds is 3. The van der Waals surface area contributed by atoms with Crippen LogP contribution in [-0.2, 0) is 6.42 Å². The van der Waals surface area contributed by atoms with Gasteiger partial charge in [0.05, 0.1) is 5.02 Å². The molecule has 2 aromatic rings. The van der Waals surface area contributed by atoms with Gasteiger partial charge in [0.15, 0.2) is 0 Å². The molecule has 0 aliphatic rings. The molecular weight excluding hydrogens is 336 g/mol. The number of halogens is 4. The van der Waals surface area contributed by atoms with Crippen LogP contribution >= 0.6 is 27.5 Å². The Kier molecular flexibility index (Phi) is 4.55. The first kappa shape index (κ1) is 14.4. The van der Waals surface area contributed by atoms with Crippen molar-refractivity contribution >= 4 is 27.5 Å². The van der Waals surface area contributed by atoms with Crippen LogP contribution in [0.5, 0.6) is 0 Å². The number of nitrogens with two attached hydrogens (primary N) is 1. The van der Waals surface area contributed by atoms with Gasteiger partial charge in [-0.05, 0) is 41.8 Å². The number of benzene rings is 2. The lowest BCUT2D eigenvalue weighted by Crippen LogP contribution is -2.14.